The second kappa shape index (κ2) is 6.12. The molecule has 0 saturated carbocycles. The third-order valence-electron chi connectivity index (χ3n) is 2.75. The zero-order valence-corrected chi connectivity index (χ0v) is 11.0. The van der Waals surface area contributed by atoms with Gasteiger partial charge >= 0.3 is 0 Å². The van der Waals surface area contributed by atoms with Crippen LogP contribution in [0.15, 0.2) is 30.5 Å². The third kappa shape index (κ3) is 3.22. The molecule has 1 aromatic heterocycles. The number of nitro groups is 1. The van der Waals surface area contributed by atoms with Crippen LogP contribution in [0.3, 0.4) is 0 Å². The number of nitrogens with zero attached hydrogens (tertiary/aromatic N) is 2. The first-order chi connectivity index (χ1) is 10.0. The number of nitro benzene ring substituents is 1. The molecule has 0 atom stereocenters. The summed E-state index contributed by atoms with van der Waals surface area (Å²) in [5.41, 5.74) is -0.389. The van der Waals surface area contributed by atoms with Gasteiger partial charge in [0, 0.05) is 24.9 Å². The fourth-order valence-electron chi connectivity index (χ4n) is 1.69. The van der Waals surface area contributed by atoms with E-state index in [9.17, 15) is 18.9 Å². The van der Waals surface area contributed by atoms with E-state index >= 15 is 0 Å². The molecule has 0 unspecified atom stereocenters. The lowest BCUT2D eigenvalue weighted by atomic mass is 10.2. The van der Waals surface area contributed by atoms with E-state index in [1.807, 2.05) is 0 Å². The summed E-state index contributed by atoms with van der Waals surface area (Å²) in [5.74, 6) is -2.04. The van der Waals surface area contributed by atoms with E-state index < -0.39 is 27.9 Å². The first-order valence-corrected chi connectivity index (χ1v) is 5.88. The minimum atomic E-state index is -1.29. The molecule has 8 heteroatoms. The molecule has 1 aromatic carbocycles. The second-order valence-corrected chi connectivity index (χ2v) is 4.07. The number of methoxy groups -OCH3 is 1. The normalized spacial score (nSPS) is 10.2. The lowest BCUT2D eigenvalue weighted by Crippen LogP contribution is -2.06. The molecule has 0 aliphatic carbocycles. The molecular weight excluding hydrogens is 284 g/mol. The zero-order valence-electron chi connectivity index (χ0n) is 11.0. The fraction of sp³-hybridized carbons (Fsp3) is 0.154. The molecule has 0 bridgehead atoms. The van der Waals surface area contributed by atoms with Crippen LogP contribution in [0.2, 0.25) is 0 Å². The van der Waals surface area contributed by atoms with Crippen molar-refractivity contribution in [3.63, 3.8) is 0 Å². The SMILES string of the molecule is COc1ccc(CNc2c([N+](=O)[O-])ccc(F)c2F)cn1. The summed E-state index contributed by atoms with van der Waals surface area (Å²) in [6, 6.07) is 4.87. The molecule has 0 saturated heterocycles. The minimum Gasteiger partial charge on any atom is -0.481 e. The van der Waals surface area contributed by atoms with Crippen molar-refractivity contribution in [2.45, 2.75) is 6.54 Å². The Kier molecular flexibility index (Phi) is 4.27. The second-order valence-electron chi connectivity index (χ2n) is 4.07. The number of rotatable bonds is 5. The molecule has 2 rings (SSSR count). The molecule has 0 spiro atoms. The molecule has 1 heterocycles. The van der Waals surface area contributed by atoms with Gasteiger partial charge in [0.25, 0.3) is 5.69 Å². The van der Waals surface area contributed by atoms with Crippen molar-refractivity contribution in [2.75, 3.05) is 12.4 Å². The van der Waals surface area contributed by atoms with E-state index in [1.165, 1.54) is 13.3 Å². The quantitative estimate of drug-likeness (QED) is 0.678. The predicted molar refractivity (Wildman–Crippen MR) is 71.1 cm³/mol. The van der Waals surface area contributed by atoms with Gasteiger partial charge in [0.05, 0.1) is 12.0 Å². The molecule has 6 nitrogen and oxygen atoms in total. The van der Waals surface area contributed by atoms with Crippen molar-refractivity contribution in [1.82, 2.24) is 4.98 Å². The van der Waals surface area contributed by atoms with Crippen molar-refractivity contribution in [3.8, 4) is 5.88 Å². The van der Waals surface area contributed by atoms with Crippen LogP contribution >= 0.6 is 0 Å². The van der Waals surface area contributed by atoms with E-state index in [4.69, 9.17) is 4.74 Å². The summed E-state index contributed by atoms with van der Waals surface area (Å²) < 4.78 is 31.7. The average Bonchev–Trinajstić information content (AvgIpc) is 2.49. The number of ether oxygens (including phenoxy) is 1. The van der Waals surface area contributed by atoms with Crippen LogP contribution in [-0.2, 0) is 6.54 Å². The maximum atomic E-state index is 13.7. The Hall–Kier alpha value is -2.77. The van der Waals surface area contributed by atoms with E-state index in [0.29, 0.717) is 17.5 Å². The molecule has 2 aromatic rings. The largest absolute Gasteiger partial charge is 0.481 e. The number of nitrogens with one attached hydrogen (secondary N) is 1. The Bertz CT molecular complexity index is 662. The zero-order chi connectivity index (χ0) is 15.4. The van der Waals surface area contributed by atoms with Gasteiger partial charge in [-0.25, -0.2) is 13.8 Å². The van der Waals surface area contributed by atoms with Gasteiger partial charge in [0.15, 0.2) is 17.3 Å². The topological polar surface area (TPSA) is 77.3 Å². The summed E-state index contributed by atoms with van der Waals surface area (Å²) in [6.45, 7) is 0.0538. The van der Waals surface area contributed by atoms with E-state index in [-0.39, 0.29) is 6.54 Å². The van der Waals surface area contributed by atoms with Crippen molar-refractivity contribution in [1.29, 1.82) is 0 Å². The average molecular weight is 295 g/mol. The molecule has 0 fully saturated rings. The van der Waals surface area contributed by atoms with Gasteiger partial charge in [-0.15, -0.1) is 0 Å². The summed E-state index contributed by atoms with van der Waals surface area (Å²) in [5, 5.41) is 13.3. The van der Waals surface area contributed by atoms with Gasteiger partial charge in [-0.1, -0.05) is 6.07 Å². The Morgan fingerprint density at radius 2 is 2.10 bits per heavy atom. The summed E-state index contributed by atoms with van der Waals surface area (Å²) >= 11 is 0. The van der Waals surface area contributed by atoms with E-state index in [0.717, 1.165) is 6.07 Å². The molecule has 0 amide bonds. The lowest BCUT2D eigenvalue weighted by molar-refractivity contribution is -0.384. The lowest BCUT2D eigenvalue weighted by Gasteiger charge is -2.09. The first kappa shape index (κ1) is 14.6. The van der Waals surface area contributed by atoms with Crippen LogP contribution in [0.5, 0.6) is 5.88 Å². The molecule has 0 aliphatic heterocycles. The number of aromatic nitrogens is 1. The Labute approximate surface area is 118 Å². The Morgan fingerprint density at radius 1 is 1.33 bits per heavy atom. The van der Waals surface area contributed by atoms with Crippen molar-refractivity contribution in [2.24, 2.45) is 0 Å². The molecule has 0 aliphatic rings. The molecule has 110 valence electrons. The predicted octanol–water partition coefficient (Wildman–Crippen LogP) is 2.89. The third-order valence-corrected chi connectivity index (χ3v) is 2.75. The Morgan fingerprint density at radius 3 is 2.67 bits per heavy atom. The van der Waals surface area contributed by atoms with Crippen LogP contribution in [0, 0.1) is 21.7 Å². The van der Waals surface area contributed by atoms with Gasteiger partial charge < -0.3 is 10.1 Å². The highest BCUT2D eigenvalue weighted by Crippen LogP contribution is 2.29. The number of anilines is 1. The highest BCUT2D eigenvalue weighted by atomic mass is 19.2. The monoisotopic (exact) mass is 295 g/mol. The van der Waals surface area contributed by atoms with Crippen LogP contribution in [0.4, 0.5) is 20.2 Å². The van der Waals surface area contributed by atoms with Crippen molar-refractivity contribution >= 4 is 11.4 Å². The highest BCUT2D eigenvalue weighted by Gasteiger charge is 2.21. The fourth-order valence-corrected chi connectivity index (χ4v) is 1.69. The Balaban J connectivity index is 2.22. The van der Waals surface area contributed by atoms with Gasteiger partial charge in [-0.3, -0.25) is 10.1 Å². The van der Waals surface area contributed by atoms with Gasteiger partial charge in [0.1, 0.15) is 0 Å². The van der Waals surface area contributed by atoms with Crippen LogP contribution in [0.25, 0.3) is 0 Å². The van der Waals surface area contributed by atoms with Crippen molar-refractivity contribution < 1.29 is 18.4 Å². The van der Waals surface area contributed by atoms with Crippen LogP contribution < -0.4 is 10.1 Å². The smallest absolute Gasteiger partial charge is 0.295 e. The van der Waals surface area contributed by atoms with Gasteiger partial charge in [0.2, 0.25) is 5.88 Å². The van der Waals surface area contributed by atoms with E-state index in [1.54, 1.807) is 12.1 Å². The minimum absolute atomic E-state index is 0.0538. The van der Waals surface area contributed by atoms with Crippen molar-refractivity contribution in [3.05, 3.63) is 57.8 Å². The maximum Gasteiger partial charge on any atom is 0.295 e. The highest BCUT2D eigenvalue weighted by molar-refractivity contribution is 5.62. The maximum absolute atomic E-state index is 13.7. The first-order valence-electron chi connectivity index (χ1n) is 5.88. The molecule has 0 radical (unpaired) electrons. The molecule has 1 N–H and O–H groups in total. The van der Waals surface area contributed by atoms with Gasteiger partial charge in [-0.05, 0) is 11.6 Å². The standard InChI is InChI=1S/C13H11F2N3O3/c1-21-11-5-2-8(6-16-11)7-17-13-10(18(19)20)4-3-9(14)12(13)15/h2-6,17H,7H2,1H3. The molecular formula is C13H11F2N3O3. The number of hydrogen-bond donors (Lipinski definition) is 1. The number of benzene rings is 1. The summed E-state index contributed by atoms with van der Waals surface area (Å²) in [4.78, 5) is 14.0. The number of pyridine rings is 1. The van der Waals surface area contributed by atoms with Crippen LogP contribution in [-0.4, -0.2) is 17.0 Å². The number of hydrogen-bond acceptors (Lipinski definition) is 5. The van der Waals surface area contributed by atoms with E-state index in [2.05, 4.69) is 10.3 Å². The van der Waals surface area contributed by atoms with Crippen LogP contribution in [0.1, 0.15) is 5.56 Å². The number of halogens is 2. The summed E-state index contributed by atoms with van der Waals surface area (Å²) in [7, 11) is 1.46. The summed E-state index contributed by atoms with van der Waals surface area (Å²) in [6.07, 6.45) is 1.47. The van der Waals surface area contributed by atoms with Gasteiger partial charge in [-0.2, -0.15) is 0 Å². The molecule has 21 heavy (non-hydrogen) atoms.